The summed E-state index contributed by atoms with van der Waals surface area (Å²) in [6.07, 6.45) is 24.9. The molecule has 40 heavy (non-hydrogen) atoms. The second-order valence-corrected chi connectivity index (χ2v) is 17.2. The van der Waals surface area contributed by atoms with Crippen LogP contribution in [0.4, 0.5) is 0 Å². The van der Waals surface area contributed by atoms with Crippen molar-refractivity contribution in [2.24, 2.45) is 47.3 Å². The van der Waals surface area contributed by atoms with E-state index in [1.807, 2.05) is 0 Å². The Balaban J connectivity index is 1.42. The van der Waals surface area contributed by atoms with Crippen LogP contribution in [-0.4, -0.2) is 34.9 Å². The molecular formula is C36H64Cl2N2. The number of nitrogens with one attached hydrogen (secondary N) is 2. The predicted octanol–water partition coefficient (Wildman–Crippen LogP) is 9.95. The third-order valence-electron chi connectivity index (χ3n) is 12.8. The lowest BCUT2D eigenvalue weighted by molar-refractivity contribution is 0.0364. The number of rotatable bonds is 8. The molecule has 4 saturated carbocycles. The Bertz CT molecular complexity index is 725. The molecule has 4 aliphatic carbocycles. The maximum atomic E-state index is 6.98. The van der Waals surface area contributed by atoms with E-state index >= 15 is 0 Å². The number of alkyl halides is 2. The van der Waals surface area contributed by atoms with Gasteiger partial charge in [0.1, 0.15) is 0 Å². The summed E-state index contributed by atoms with van der Waals surface area (Å²) >= 11 is 13.5. The summed E-state index contributed by atoms with van der Waals surface area (Å²) in [5.74, 6) is 6.29. The highest BCUT2D eigenvalue weighted by atomic mass is 35.5. The van der Waals surface area contributed by atoms with Gasteiger partial charge in [-0.3, -0.25) is 0 Å². The molecule has 2 N–H and O–H groups in total. The van der Waals surface area contributed by atoms with E-state index in [-0.39, 0.29) is 0 Å². The van der Waals surface area contributed by atoms with Gasteiger partial charge in [-0.05, 0) is 112 Å². The maximum Gasteiger partial charge on any atom is 0.0342 e. The average molecular weight is 596 g/mol. The molecule has 0 aromatic carbocycles. The van der Waals surface area contributed by atoms with E-state index in [4.69, 9.17) is 23.2 Å². The van der Waals surface area contributed by atoms with Crippen LogP contribution in [0.2, 0.25) is 0 Å². The van der Waals surface area contributed by atoms with Crippen molar-refractivity contribution in [1.82, 2.24) is 10.6 Å². The highest BCUT2D eigenvalue weighted by Gasteiger charge is 2.46. The van der Waals surface area contributed by atoms with Gasteiger partial charge in [-0.25, -0.2) is 0 Å². The molecule has 0 bridgehead atoms. The number of hydrogen-bond donors (Lipinski definition) is 2. The highest BCUT2D eigenvalue weighted by molar-refractivity contribution is 6.20. The first-order valence-electron chi connectivity index (χ1n) is 18.1. The third kappa shape index (κ3) is 7.77. The summed E-state index contributed by atoms with van der Waals surface area (Å²) in [4.78, 5) is 0. The topological polar surface area (TPSA) is 24.1 Å². The van der Waals surface area contributed by atoms with Gasteiger partial charge >= 0.3 is 0 Å². The smallest absolute Gasteiger partial charge is 0.0342 e. The van der Waals surface area contributed by atoms with Crippen LogP contribution in [0.1, 0.15) is 143 Å². The van der Waals surface area contributed by atoms with E-state index < -0.39 is 0 Å². The second-order valence-electron chi connectivity index (χ2n) is 15.9. The number of halogens is 2. The van der Waals surface area contributed by atoms with Gasteiger partial charge in [0.15, 0.2) is 0 Å². The zero-order valence-corrected chi connectivity index (χ0v) is 28.1. The Hall–Kier alpha value is 0.500. The Morgan fingerprint density at radius 1 is 0.575 bits per heavy atom. The SMILES string of the molecule is CC(C)C1CC(Cl)CC(C(C)C)C1NC(C1CCCC(C2CCC(Cl)CC2)N1)C1CCCCC1C1CCCCC1. The zero-order chi connectivity index (χ0) is 28.2. The van der Waals surface area contributed by atoms with Crippen molar-refractivity contribution >= 4 is 23.2 Å². The van der Waals surface area contributed by atoms with Crippen molar-refractivity contribution in [3.8, 4) is 0 Å². The Labute approximate surface area is 258 Å². The molecular weight excluding hydrogens is 531 g/mol. The Morgan fingerprint density at radius 2 is 1.20 bits per heavy atom. The lowest BCUT2D eigenvalue weighted by Crippen LogP contribution is -2.64. The molecule has 7 unspecified atom stereocenters. The van der Waals surface area contributed by atoms with E-state index in [0.717, 1.165) is 23.7 Å². The first-order valence-corrected chi connectivity index (χ1v) is 19.0. The molecule has 1 aliphatic heterocycles. The summed E-state index contributed by atoms with van der Waals surface area (Å²) < 4.78 is 0. The molecule has 7 atom stereocenters. The molecule has 1 saturated heterocycles. The average Bonchev–Trinajstić information content (AvgIpc) is 2.97. The monoisotopic (exact) mass is 594 g/mol. The van der Waals surface area contributed by atoms with Crippen LogP contribution in [-0.2, 0) is 0 Å². The Morgan fingerprint density at radius 3 is 1.85 bits per heavy atom. The largest absolute Gasteiger partial charge is 0.309 e. The normalized spacial score (nSPS) is 43.2. The van der Waals surface area contributed by atoms with E-state index in [2.05, 4.69) is 38.3 Å². The summed E-state index contributed by atoms with van der Waals surface area (Å²) in [6, 6.07) is 2.53. The molecule has 0 aromatic rings. The van der Waals surface area contributed by atoms with Gasteiger partial charge in [0.25, 0.3) is 0 Å². The van der Waals surface area contributed by atoms with E-state index in [9.17, 15) is 0 Å². The van der Waals surface area contributed by atoms with Crippen molar-refractivity contribution < 1.29 is 0 Å². The first kappa shape index (κ1) is 31.9. The van der Waals surface area contributed by atoms with Gasteiger partial charge in [-0.15, -0.1) is 23.2 Å². The molecule has 0 spiro atoms. The molecule has 5 fully saturated rings. The van der Waals surface area contributed by atoms with Crippen molar-refractivity contribution in [3.05, 3.63) is 0 Å². The minimum atomic E-state index is 0.343. The molecule has 0 amide bonds. The summed E-state index contributed by atoms with van der Waals surface area (Å²) in [7, 11) is 0. The minimum Gasteiger partial charge on any atom is -0.309 e. The van der Waals surface area contributed by atoms with E-state index in [1.54, 1.807) is 0 Å². The van der Waals surface area contributed by atoms with Crippen LogP contribution in [0.5, 0.6) is 0 Å². The second kappa shape index (κ2) is 15.0. The van der Waals surface area contributed by atoms with Gasteiger partial charge in [-0.2, -0.15) is 0 Å². The lowest BCUT2D eigenvalue weighted by atomic mass is 9.63. The van der Waals surface area contributed by atoms with Gasteiger partial charge in [-0.1, -0.05) is 79.1 Å². The minimum absolute atomic E-state index is 0.343. The van der Waals surface area contributed by atoms with Crippen molar-refractivity contribution in [2.75, 3.05) is 0 Å². The molecule has 2 nitrogen and oxygen atoms in total. The van der Waals surface area contributed by atoms with Crippen LogP contribution in [0, 0.1) is 47.3 Å². The first-order chi connectivity index (χ1) is 19.3. The van der Waals surface area contributed by atoms with Crippen LogP contribution in [0.15, 0.2) is 0 Å². The molecule has 232 valence electrons. The Kier molecular flexibility index (Phi) is 12.0. The molecule has 5 aliphatic rings. The van der Waals surface area contributed by atoms with Crippen molar-refractivity contribution in [1.29, 1.82) is 0 Å². The lowest BCUT2D eigenvalue weighted by Gasteiger charge is -2.52. The third-order valence-corrected chi connectivity index (χ3v) is 13.6. The maximum absolute atomic E-state index is 6.98. The standard InChI is InChI=1S/C36H64Cl2N2/c1-23(2)31-21-28(38)22-32(24(3)4)35(31)40-36(30-14-9-8-13-29(30)25-11-6-5-7-12-25)34-16-10-15-33(39-34)26-17-19-27(37)20-18-26/h23-36,39-40H,5-22H2,1-4H3. The quantitative estimate of drug-likeness (QED) is 0.273. The summed E-state index contributed by atoms with van der Waals surface area (Å²) in [6.45, 7) is 9.87. The highest BCUT2D eigenvalue weighted by Crippen LogP contribution is 2.46. The molecule has 4 heteroatoms. The zero-order valence-electron chi connectivity index (χ0n) is 26.6. The van der Waals surface area contributed by atoms with Gasteiger partial charge in [0.2, 0.25) is 0 Å². The van der Waals surface area contributed by atoms with E-state index in [1.165, 1.54) is 116 Å². The fraction of sp³-hybridized carbons (Fsp3) is 1.00. The van der Waals surface area contributed by atoms with Gasteiger partial charge < -0.3 is 10.6 Å². The van der Waals surface area contributed by atoms with Gasteiger partial charge in [0.05, 0.1) is 0 Å². The van der Waals surface area contributed by atoms with Crippen molar-refractivity contribution in [2.45, 2.75) is 178 Å². The van der Waals surface area contributed by atoms with Gasteiger partial charge in [0, 0.05) is 34.9 Å². The molecule has 0 aromatic heterocycles. The molecule has 5 rings (SSSR count). The predicted molar refractivity (Wildman–Crippen MR) is 174 cm³/mol. The van der Waals surface area contributed by atoms with Crippen LogP contribution < -0.4 is 10.6 Å². The fourth-order valence-corrected chi connectivity index (χ4v) is 11.3. The molecule has 0 radical (unpaired) electrons. The van der Waals surface area contributed by atoms with Crippen molar-refractivity contribution in [3.63, 3.8) is 0 Å². The summed E-state index contributed by atoms with van der Waals surface area (Å²) in [5.41, 5.74) is 0. The molecule has 1 heterocycles. The number of piperidine rings is 1. The van der Waals surface area contributed by atoms with Crippen LogP contribution in [0.3, 0.4) is 0 Å². The van der Waals surface area contributed by atoms with Crippen LogP contribution >= 0.6 is 23.2 Å². The summed E-state index contributed by atoms with van der Waals surface area (Å²) in [5, 5.41) is 9.81. The van der Waals surface area contributed by atoms with Crippen LogP contribution in [0.25, 0.3) is 0 Å². The number of hydrogen-bond acceptors (Lipinski definition) is 2. The van der Waals surface area contributed by atoms with E-state index in [0.29, 0.717) is 58.6 Å². The fourth-order valence-electron chi connectivity index (χ4n) is 10.6.